The molecule has 3 rings (SSSR count). The summed E-state index contributed by atoms with van der Waals surface area (Å²) in [6.07, 6.45) is 20.7. The quantitative estimate of drug-likeness (QED) is 0.192. The fraction of sp³-hybridized carbons (Fsp3) is 0.607. The summed E-state index contributed by atoms with van der Waals surface area (Å²) in [5.41, 5.74) is 2.43. The van der Waals surface area contributed by atoms with Crippen molar-refractivity contribution in [1.82, 2.24) is 9.55 Å². The molecule has 0 fully saturated rings. The molecule has 0 saturated carbocycles. The van der Waals surface area contributed by atoms with E-state index in [9.17, 15) is 0 Å². The van der Waals surface area contributed by atoms with Gasteiger partial charge in [-0.1, -0.05) is 109 Å². The standard InChI is InChI=1S/C28H42N2S/c1-2-3-4-5-6-7-8-9-10-11-12-13-14-17-22-30-27-21-16-15-20-26(27)29-28(30)24-25-19-18-23-31-25/h15-16,18-21,23H,2-14,17,22,24H2,1H3. The van der Waals surface area contributed by atoms with Crippen LogP contribution in [0.15, 0.2) is 41.8 Å². The average molecular weight is 439 g/mol. The van der Waals surface area contributed by atoms with Crippen LogP contribution in [0.2, 0.25) is 0 Å². The molecule has 0 amide bonds. The summed E-state index contributed by atoms with van der Waals surface area (Å²) < 4.78 is 2.47. The summed E-state index contributed by atoms with van der Waals surface area (Å²) in [4.78, 5) is 6.34. The van der Waals surface area contributed by atoms with Crippen LogP contribution in [0.3, 0.4) is 0 Å². The van der Waals surface area contributed by atoms with Gasteiger partial charge >= 0.3 is 0 Å². The first-order chi connectivity index (χ1) is 15.4. The van der Waals surface area contributed by atoms with Crippen LogP contribution in [0.5, 0.6) is 0 Å². The highest BCUT2D eigenvalue weighted by Crippen LogP contribution is 2.22. The number of aryl methyl sites for hydroxylation is 1. The van der Waals surface area contributed by atoms with Crippen molar-refractivity contribution in [2.75, 3.05) is 0 Å². The molecule has 3 aromatic rings. The Morgan fingerprint density at radius 2 is 1.32 bits per heavy atom. The Kier molecular flexibility index (Phi) is 11.2. The van der Waals surface area contributed by atoms with Crippen LogP contribution in [0.1, 0.15) is 108 Å². The predicted octanol–water partition coefficient (Wildman–Crippen LogP) is 9.17. The molecule has 0 spiro atoms. The second-order valence-corrected chi connectivity index (χ2v) is 10.1. The van der Waals surface area contributed by atoms with Crippen LogP contribution in [0.25, 0.3) is 11.0 Å². The van der Waals surface area contributed by atoms with Crippen LogP contribution in [0.4, 0.5) is 0 Å². The van der Waals surface area contributed by atoms with Crippen LogP contribution >= 0.6 is 11.3 Å². The largest absolute Gasteiger partial charge is 0.328 e. The van der Waals surface area contributed by atoms with E-state index in [2.05, 4.69) is 53.3 Å². The second-order valence-electron chi connectivity index (χ2n) is 9.02. The normalized spacial score (nSPS) is 11.5. The van der Waals surface area contributed by atoms with E-state index in [1.54, 1.807) is 0 Å². The molecular formula is C28H42N2S. The van der Waals surface area contributed by atoms with Crippen LogP contribution in [0, 0.1) is 0 Å². The Balaban J connectivity index is 1.29. The highest BCUT2D eigenvalue weighted by molar-refractivity contribution is 7.09. The number of unbranched alkanes of at least 4 members (excludes halogenated alkanes) is 13. The van der Waals surface area contributed by atoms with Gasteiger partial charge in [0.1, 0.15) is 5.82 Å². The van der Waals surface area contributed by atoms with Crippen molar-refractivity contribution in [2.45, 2.75) is 110 Å². The molecule has 0 aliphatic rings. The Morgan fingerprint density at radius 3 is 1.94 bits per heavy atom. The van der Waals surface area contributed by atoms with Gasteiger partial charge in [-0.25, -0.2) is 4.98 Å². The van der Waals surface area contributed by atoms with Crippen LogP contribution in [-0.2, 0) is 13.0 Å². The molecule has 2 nitrogen and oxygen atoms in total. The number of para-hydroxylation sites is 2. The summed E-state index contributed by atoms with van der Waals surface area (Å²) in [6, 6.07) is 13.0. The summed E-state index contributed by atoms with van der Waals surface area (Å²) in [5.74, 6) is 1.22. The van der Waals surface area contributed by atoms with Gasteiger partial charge in [-0.2, -0.15) is 0 Å². The minimum absolute atomic E-state index is 0.949. The average Bonchev–Trinajstić information content (AvgIpc) is 3.42. The van der Waals surface area contributed by atoms with Crippen molar-refractivity contribution >= 4 is 22.4 Å². The molecule has 0 bridgehead atoms. The van der Waals surface area contributed by atoms with Gasteiger partial charge in [-0.15, -0.1) is 11.3 Å². The molecule has 1 aromatic carbocycles. The first kappa shape index (κ1) is 24.0. The molecular weight excluding hydrogens is 396 g/mol. The van der Waals surface area contributed by atoms with E-state index in [-0.39, 0.29) is 0 Å². The lowest BCUT2D eigenvalue weighted by Gasteiger charge is -2.09. The van der Waals surface area contributed by atoms with Gasteiger partial charge in [0.2, 0.25) is 0 Å². The number of hydrogen-bond acceptors (Lipinski definition) is 2. The molecule has 0 N–H and O–H groups in total. The van der Waals surface area contributed by atoms with Gasteiger partial charge in [0, 0.05) is 17.8 Å². The van der Waals surface area contributed by atoms with Crippen molar-refractivity contribution in [1.29, 1.82) is 0 Å². The van der Waals surface area contributed by atoms with Crippen LogP contribution < -0.4 is 0 Å². The monoisotopic (exact) mass is 438 g/mol. The Bertz CT molecular complexity index is 834. The fourth-order valence-corrected chi connectivity index (χ4v) is 5.24. The number of rotatable bonds is 17. The lowest BCUT2D eigenvalue weighted by atomic mass is 10.0. The van der Waals surface area contributed by atoms with E-state index in [1.165, 1.54) is 106 Å². The van der Waals surface area contributed by atoms with Crippen LogP contribution in [-0.4, -0.2) is 9.55 Å². The molecule has 0 radical (unpaired) electrons. The molecule has 0 aliphatic heterocycles. The lowest BCUT2D eigenvalue weighted by molar-refractivity contribution is 0.523. The molecule has 2 aromatic heterocycles. The molecule has 0 unspecified atom stereocenters. The maximum absolute atomic E-state index is 4.94. The van der Waals surface area contributed by atoms with E-state index in [0.29, 0.717) is 0 Å². The number of hydrogen-bond donors (Lipinski definition) is 0. The maximum atomic E-state index is 4.94. The first-order valence-electron chi connectivity index (χ1n) is 12.8. The zero-order valence-electron chi connectivity index (χ0n) is 19.7. The summed E-state index contributed by atoms with van der Waals surface area (Å²) in [5, 5.41) is 2.16. The number of thiophene rings is 1. The highest BCUT2D eigenvalue weighted by atomic mass is 32.1. The van der Waals surface area contributed by atoms with E-state index >= 15 is 0 Å². The van der Waals surface area contributed by atoms with Gasteiger partial charge in [0.15, 0.2) is 0 Å². The highest BCUT2D eigenvalue weighted by Gasteiger charge is 2.11. The van der Waals surface area contributed by atoms with Crippen molar-refractivity contribution in [3.05, 3.63) is 52.5 Å². The van der Waals surface area contributed by atoms with Gasteiger partial charge in [-0.3, -0.25) is 0 Å². The zero-order valence-corrected chi connectivity index (χ0v) is 20.5. The zero-order chi connectivity index (χ0) is 21.6. The molecule has 170 valence electrons. The van der Waals surface area contributed by atoms with Crippen molar-refractivity contribution in [3.63, 3.8) is 0 Å². The summed E-state index contributed by atoms with van der Waals surface area (Å²) in [7, 11) is 0. The summed E-state index contributed by atoms with van der Waals surface area (Å²) >= 11 is 1.83. The molecule has 2 heterocycles. The number of imidazole rings is 1. The number of benzene rings is 1. The van der Waals surface area contributed by atoms with Gasteiger partial charge in [-0.05, 0) is 30.0 Å². The minimum Gasteiger partial charge on any atom is -0.328 e. The van der Waals surface area contributed by atoms with Crippen molar-refractivity contribution in [2.24, 2.45) is 0 Å². The smallest absolute Gasteiger partial charge is 0.115 e. The predicted molar refractivity (Wildman–Crippen MR) is 137 cm³/mol. The van der Waals surface area contributed by atoms with E-state index < -0.39 is 0 Å². The molecule has 0 aliphatic carbocycles. The molecule has 3 heteroatoms. The minimum atomic E-state index is 0.949. The molecule has 0 atom stereocenters. The Labute approximate surface area is 194 Å². The van der Waals surface area contributed by atoms with E-state index in [0.717, 1.165) is 18.5 Å². The van der Waals surface area contributed by atoms with E-state index in [4.69, 9.17) is 4.98 Å². The fourth-order valence-electron chi connectivity index (χ4n) is 4.54. The third kappa shape index (κ3) is 8.44. The van der Waals surface area contributed by atoms with Gasteiger partial charge < -0.3 is 4.57 Å². The topological polar surface area (TPSA) is 17.8 Å². The van der Waals surface area contributed by atoms with Crippen molar-refractivity contribution < 1.29 is 0 Å². The van der Waals surface area contributed by atoms with Crippen molar-refractivity contribution in [3.8, 4) is 0 Å². The SMILES string of the molecule is CCCCCCCCCCCCCCCCn1c(Cc2cccs2)nc2ccccc21. The summed E-state index contributed by atoms with van der Waals surface area (Å²) in [6.45, 7) is 3.39. The van der Waals surface area contributed by atoms with Gasteiger partial charge in [0.05, 0.1) is 11.0 Å². The number of aromatic nitrogens is 2. The number of nitrogens with zero attached hydrogens (tertiary/aromatic N) is 2. The van der Waals surface area contributed by atoms with E-state index in [1.807, 2.05) is 11.3 Å². The Morgan fingerprint density at radius 1 is 0.710 bits per heavy atom. The maximum Gasteiger partial charge on any atom is 0.115 e. The number of fused-ring (bicyclic) bond motifs is 1. The third-order valence-electron chi connectivity index (χ3n) is 6.38. The molecule has 0 saturated heterocycles. The molecule has 31 heavy (non-hydrogen) atoms. The lowest BCUT2D eigenvalue weighted by Crippen LogP contribution is -2.04. The third-order valence-corrected chi connectivity index (χ3v) is 7.26. The van der Waals surface area contributed by atoms with Gasteiger partial charge in [0.25, 0.3) is 0 Å². The first-order valence-corrected chi connectivity index (χ1v) is 13.7. The second kappa shape index (κ2) is 14.5. The Hall–Kier alpha value is -1.61.